The maximum atomic E-state index is 13.5. The summed E-state index contributed by atoms with van der Waals surface area (Å²) in [6.45, 7) is 2.00. The van der Waals surface area contributed by atoms with E-state index in [2.05, 4.69) is 15.3 Å². The van der Waals surface area contributed by atoms with Crippen LogP contribution in [0.1, 0.15) is 21.7 Å². The monoisotopic (exact) mass is 267 g/mol. The molecule has 1 heterocycles. The van der Waals surface area contributed by atoms with E-state index in [1.807, 2.05) is 0 Å². The number of carboxylic acid groups (broad SMARTS) is 1. The molecule has 19 heavy (non-hydrogen) atoms. The van der Waals surface area contributed by atoms with Crippen molar-refractivity contribution in [2.24, 2.45) is 0 Å². The van der Waals surface area contributed by atoms with Crippen molar-refractivity contribution in [1.82, 2.24) is 9.97 Å². The van der Waals surface area contributed by atoms with Gasteiger partial charge in [0.05, 0.1) is 29.8 Å². The topological polar surface area (TPSA) is 78.0 Å². The molecule has 0 saturated carbocycles. The van der Waals surface area contributed by atoms with E-state index < -0.39 is 23.2 Å². The normalized spacial score (nSPS) is 10.5. The highest BCUT2D eigenvalue weighted by atomic mass is 19.1. The highest BCUT2D eigenvalue weighted by molar-refractivity contribution is 5.89. The summed E-state index contributed by atoms with van der Waals surface area (Å²) in [6.07, 6.45) is 1.50. The van der Waals surface area contributed by atoms with Gasteiger partial charge in [0.2, 0.25) is 0 Å². The molecule has 0 aliphatic carbocycles. The van der Waals surface area contributed by atoms with Crippen molar-refractivity contribution in [3.05, 3.63) is 47.0 Å². The smallest absolute Gasteiger partial charge is 0.338 e. The summed E-state index contributed by atoms with van der Waals surface area (Å²) in [5.74, 6) is -3.40. The van der Waals surface area contributed by atoms with Gasteiger partial charge in [-0.3, -0.25) is 0 Å². The molecule has 1 aromatic heterocycles. The van der Waals surface area contributed by atoms with Crippen LogP contribution >= 0.6 is 0 Å². The molecule has 1 aromatic carbocycles. The van der Waals surface area contributed by atoms with Gasteiger partial charge in [-0.1, -0.05) is 0 Å². The minimum absolute atomic E-state index is 0.0822. The lowest BCUT2D eigenvalue weighted by atomic mass is 10.1. The third-order valence-electron chi connectivity index (χ3n) is 2.67. The molecular formula is C12H11F2N3O2. The van der Waals surface area contributed by atoms with Crippen molar-refractivity contribution >= 4 is 11.7 Å². The fourth-order valence-corrected chi connectivity index (χ4v) is 1.59. The van der Waals surface area contributed by atoms with E-state index in [0.717, 1.165) is 11.8 Å². The predicted octanol–water partition coefficient (Wildman–Crippen LogP) is 2.31. The fourth-order valence-electron chi connectivity index (χ4n) is 1.59. The van der Waals surface area contributed by atoms with Crippen molar-refractivity contribution in [3.8, 4) is 0 Å². The number of aromatic carboxylic acids is 1. The van der Waals surface area contributed by atoms with Crippen molar-refractivity contribution in [2.75, 3.05) is 5.32 Å². The summed E-state index contributed by atoms with van der Waals surface area (Å²) in [5, 5.41) is 11.5. The number of nitrogens with one attached hydrogen (secondary N) is 2. The van der Waals surface area contributed by atoms with Gasteiger partial charge in [-0.25, -0.2) is 18.6 Å². The number of benzene rings is 1. The molecule has 2 aromatic rings. The summed E-state index contributed by atoms with van der Waals surface area (Å²) < 4.78 is 26.7. The second-order valence-corrected chi connectivity index (χ2v) is 3.94. The van der Waals surface area contributed by atoms with Gasteiger partial charge in [-0.2, -0.15) is 0 Å². The van der Waals surface area contributed by atoms with Crippen LogP contribution in [0.2, 0.25) is 0 Å². The van der Waals surface area contributed by atoms with Crippen LogP contribution in [0, 0.1) is 18.6 Å². The lowest BCUT2D eigenvalue weighted by Crippen LogP contribution is -2.07. The first-order valence-corrected chi connectivity index (χ1v) is 5.44. The average molecular weight is 267 g/mol. The first-order chi connectivity index (χ1) is 8.99. The second kappa shape index (κ2) is 5.05. The molecule has 0 saturated heterocycles. The van der Waals surface area contributed by atoms with Crippen LogP contribution in [0.3, 0.4) is 0 Å². The minimum atomic E-state index is -1.45. The Labute approximate surface area is 107 Å². The number of aromatic amines is 1. The van der Waals surface area contributed by atoms with Gasteiger partial charge in [-0.15, -0.1) is 0 Å². The zero-order valence-electron chi connectivity index (χ0n) is 10.00. The third-order valence-corrected chi connectivity index (χ3v) is 2.67. The SMILES string of the molecule is Cc1[nH]cnc1CNc1cc(C(=O)O)c(F)cc1F. The number of rotatable bonds is 4. The predicted molar refractivity (Wildman–Crippen MR) is 64.0 cm³/mol. The van der Waals surface area contributed by atoms with E-state index >= 15 is 0 Å². The number of hydrogen-bond acceptors (Lipinski definition) is 3. The van der Waals surface area contributed by atoms with Gasteiger partial charge in [0, 0.05) is 11.8 Å². The molecule has 0 bridgehead atoms. The zero-order chi connectivity index (χ0) is 14.0. The van der Waals surface area contributed by atoms with Crippen LogP contribution in [0.4, 0.5) is 14.5 Å². The highest BCUT2D eigenvalue weighted by Gasteiger charge is 2.15. The Balaban J connectivity index is 2.23. The maximum Gasteiger partial charge on any atom is 0.338 e. The van der Waals surface area contributed by atoms with E-state index in [1.54, 1.807) is 6.92 Å². The Morgan fingerprint density at radius 3 is 2.74 bits per heavy atom. The minimum Gasteiger partial charge on any atom is -0.478 e. The van der Waals surface area contributed by atoms with Crippen LogP contribution < -0.4 is 5.32 Å². The second-order valence-electron chi connectivity index (χ2n) is 3.94. The Morgan fingerprint density at radius 1 is 1.42 bits per heavy atom. The van der Waals surface area contributed by atoms with E-state index in [9.17, 15) is 13.6 Å². The van der Waals surface area contributed by atoms with Gasteiger partial charge >= 0.3 is 5.97 Å². The molecule has 0 fully saturated rings. The number of halogens is 2. The number of carbonyl (C=O) groups is 1. The summed E-state index contributed by atoms with van der Waals surface area (Å²) in [4.78, 5) is 17.6. The number of anilines is 1. The number of hydrogen-bond donors (Lipinski definition) is 3. The first-order valence-electron chi connectivity index (χ1n) is 5.44. The molecule has 100 valence electrons. The highest BCUT2D eigenvalue weighted by Crippen LogP contribution is 2.20. The summed E-state index contributed by atoms with van der Waals surface area (Å²) in [6, 6.07) is 1.47. The number of nitrogens with zero attached hydrogens (tertiary/aromatic N) is 1. The number of aryl methyl sites for hydroxylation is 1. The van der Waals surface area contributed by atoms with Crippen molar-refractivity contribution in [3.63, 3.8) is 0 Å². The molecule has 0 atom stereocenters. The number of carboxylic acids is 1. The number of imidazole rings is 1. The Bertz CT molecular complexity index is 625. The third kappa shape index (κ3) is 2.70. The number of aromatic nitrogens is 2. The van der Waals surface area contributed by atoms with Gasteiger partial charge < -0.3 is 15.4 Å². The average Bonchev–Trinajstić information content (AvgIpc) is 2.73. The lowest BCUT2D eigenvalue weighted by Gasteiger charge is -2.08. The van der Waals surface area contributed by atoms with Gasteiger partial charge in [0.1, 0.15) is 11.6 Å². The molecule has 0 unspecified atom stereocenters. The van der Waals surface area contributed by atoms with Crippen LogP contribution in [-0.4, -0.2) is 21.0 Å². The molecular weight excluding hydrogens is 256 g/mol. The lowest BCUT2D eigenvalue weighted by molar-refractivity contribution is 0.0692. The van der Waals surface area contributed by atoms with Gasteiger partial charge in [0.25, 0.3) is 0 Å². The fraction of sp³-hybridized carbons (Fsp3) is 0.167. The van der Waals surface area contributed by atoms with E-state index in [1.165, 1.54) is 6.33 Å². The zero-order valence-corrected chi connectivity index (χ0v) is 10.00. The van der Waals surface area contributed by atoms with Crippen LogP contribution in [0.5, 0.6) is 0 Å². The van der Waals surface area contributed by atoms with Crippen molar-refractivity contribution in [1.29, 1.82) is 0 Å². The van der Waals surface area contributed by atoms with Crippen LogP contribution in [0.25, 0.3) is 0 Å². The Hall–Kier alpha value is -2.44. The number of H-pyrrole nitrogens is 1. The van der Waals surface area contributed by atoms with E-state index in [4.69, 9.17) is 5.11 Å². The van der Waals surface area contributed by atoms with Gasteiger partial charge in [-0.05, 0) is 13.0 Å². The summed E-state index contributed by atoms with van der Waals surface area (Å²) in [7, 11) is 0. The van der Waals surface area contributed by atoms with Gasteiger partial charge in [0.15, 0.2) is 0 Å². The molecule has 0 amide bonds. The molecule has 2 rings (SSSR count). The molecule has 0 radical (unpaired) electrons. The quantitative estimate of drug-likeness (QED) is 0.794. The molecule has 5 nitrogen and oxygen atoms in total. The summed E-state index contributed by atoms with van der Waals surface area (Å²) >= 11 is 0. The van der Waals surface area contributed by atoms with E-state index in [-0.39, 0.29) is 12.2 Å². The molecule has 3 N–H and O–H groups in total. The molecule has 0 aliphatic rings. The largest absolute Gasteiger partial charge is 0.478 e. The molecule has 0 spiro atoms. The molecule has 7 heteroatoms. The Morgan fingerprint density at radius 2 is 2.16 bits per heavy atom. The maximum absolute atomic E-state index is 13.5. The molecule has 0 aliphatic heterocycles. The Kier molecular flexibility index (Phi) is 3.46. The van der Waals surface area contributed by atoms with E-state index in [0.29, 0.717) is 11.8 Å². The first kappa shape index (κ1) is 13.0. The standard InChI is InChI=1S/C12H11F2N3O2/c1-6-11(17-5-16-6)4-15-10-2-7(12(18)19)8(13)3-9(10)14/h2-3,5,15H,4H2,1H3,(H,16,17)(H,18,19). The van der Waals surface area contributed by atoms with Crippen LogP contribution in [-0.2, 0) is 6.54 Å². The van der Waals surface area contributed by atoms with Crippen molar-refractivity contribution < 1.29 is 18.7 Å². The van der Waals surface area contributed by atoms with Crippen LogP contribution in [0.15, 0.2) is 18.5 Å². The summed E-state index contributed by atoms with van der Waals surface area (Å²) in [5.41, 5.74) is 0.818. The van der Waals surface area contributed by atoms with Crippen molar-refractivity contribution in [2.45, 2.75) is 13.5 Å².